The van der Waals surface area contributed by atoms with Gasteiger partial charge in [0.1, 0.15) is 0 Å². The maximum absolute atomic E-state index is 12.3. The van der Waals surface area contributed by atoms with Crippen molar-refractivity contribution in [3.8, 4) is 11.5 Å². The number of rotatable bonds is 6. The normalized spacial score (nSPS) is 10.6. The molecule has 1 aromatic heterocycles. The lowest BCUT2D eigenvalue weighted by Crippen LogP contribution is -2.15. The van der Waals surface area contributed by atoms with E-state index >= 15 is 0 Å². The minimum absolute atomic E-state index is 0.0877. The molecule has 2 N–H and O–H groups in total. The first-order chi connectivity index (χ1) is 13.0. The average Bonchev–Trinajstić information content (AvgIpc) is 2.67. The number of amides is 1. The Hall–Kier alpha value is -2.71. The number of fused-ring (bicyclic) bond motifs is 1. The zero-order valence-corrected chi connectivity index (χ0v) is 16.1. The van der Waals surface area contributed by atoms with Crippen molar-refractivity contribution in [1.82, 2.24) is 9.97 Å². The van der Waals surface area contributed by atoms with E-state index in [0.29, 0.717) is 38.3 Å². The maximum atomic E-state index is 12.3. The van der Waals surface area contributed by atoms with E-state index in [-0.39, 0.29) is 17.2 Å². The zero-order chi connectivity index (χ0) is 19.4. The van der Waals surface area contributed by atoms with E-state index in [4.69, 9.17) is 21.1 Å². The zero-order valence-electron chi connectivity index (χ0n) is 14.5. The van der Waals surface area contributed by atoms with E-state index in [1.165, 1.54) is 14.2 Å². The van der Waals surface area contributed by atoms with Gasteiger partial charge in [0.25, 0.3) is 5.56 Å². The third-order valence-corrected chi connectivity index (χ3v) is 4.78. The molecule has 0 aliphatic rings. The second-order valence-electron chi connectivity index (χ2n) is 5.44. The summed E-state index contributed by atoms with van der Waals surface area (Å²) in [5, 5.41) is 4.06. The van der Waals surface area contributed by atoms with Crippen LogP contribution in [0.3, 0.4) is 0 Å². The Morgan fingerprint density at radius 3 is 2.52 bits per heavy atom. The molecule has 0 spiro atoms. The second kappa shape index (κ2) is 8.32. The smallest absolute Gasteiger partial charge is 0.259 e. The third-order valence-electron chi connectivity index (χ3n) is 3.66. The topological polar surface area (TPSA) is 93.3 Å². The number of aromatic nitrogens is 2. The molecule has 0 bridgehead atoms. The predicted octanol–water partition coefficient (Wildman–Crippen LogP) is 3.32. The molecule has 1 heterocycles. The SMILES string of the molecule is COc1cc2nc(SCC(=O)Nc3ccc(Cl)cc3)[nH]c(=O)c2cc1OC. The van der Waals surface area contributed by atoms with E-state index in [1.807, 2.05) is 0 Å². The van der Waals surface area contributed by atoms with Crippen LogP contribution in [0.1, 0.15) is 0 Å². The molecular formula is C18H16ClN3O4S. The number of thioether (sulfide) groups is 1. The molecule has 140 valence electrons. The van der Waals surface area contributed by atoms with Crippen molar-refractivity contribution < 1.29 is 14.3 Å². The lowest BCUT2D eigenvalue weighted by Gasteiger charge is -2.09. The number of methoxy groups -OCH3 is 2. The van der Waals surface area contributed by atoms with Crippen molar-refractivity contribution in [2.75, 3.05) is 25.3 Å². The van der Waals surface area contributed by atoms with Crippen molar-refractivity contribution in [2.45, 2.75) is 5.16 Å². The second-order valence-corrected chi connectivity index (χ2v) is 6.84. The van der Waals surface area contributed by atoms with Gasteiger partial charge in [0.05, 0.1) is 30.9 Å². The lowest BCUT2D eigenvalue weighted by atomic mass is 10.2. The molecule has 0 fully saturated rings. The van der Waals surface area contributed by atoms with Crippen LogP contribution in [-0.2, 0) is 4.79 Å². The standard InChI is InChI=1S/C18H16ClN3O4S/c1-25-14-7-12-13(8-15(14)26-2)21-18(22-17(12)24)27-9-16(23)20-11-5-3-10(19)4-6-11/h3-8H,9H2,1-2H3,(H,20,23)(H,21,22,24). The van der Waals surface area contributed by atoms with E-state index in [2.05, 4.69) is 15.3 Å². The molecule has 0 unspecified atom stereocenters. The first-order valence-corrected chi connectivity index (χ1v) is 9.21. The first-order valence-electron chi connectivity index (χ1n) is 7.84. The number of anilines is 1. The summed E-state index contributed by atoms with van der Waals surface area (Å²) < 4.78 is 10.4. The monoisotopic (exact) mass is 405 g/mol. The highest BCUT2D eigenvalue weighted by Crippen LogP contribution is 2.30. The molecule has 27 heavy (non-hydrogen) atoms. The lowest BCUT2D eigenvalue weighted by molar-refractivity contribution is -0.113. The minimum Gasteiger partial charge on any atom is -0.493 e. The fraction of sp³-hybridized carbons (Fsp3) is 0.167. The summed E-state index contributed by atoms with van der Waals surface area (Å²) in [4.78, 5) is 31.5. The van der Waals surface area contributed by atoms with Crippen LogP contribution in [-0.4, -0.2) is 35.8 Å². The number of hydrogen-bond acceptors (Lipinski definition) is 6. The Morgan fingerprint density at radius 2 is 1.85 bits per heavy atom. The summed E-state index contributed by atoms with van der Waals surface area (Å²) in [6.07, 6.45) is 0. The highest BCUT2D eigenvalue weighted by Gasteiger charge is 2.12. The molecule has 9 heteroatoms. The number of carbonyl (C=O) groups excluding carboxylic acids is 1. The van der Waals surface area contributed by atoms with Gasteiger partial charge in [-0.25, -0.2) is 4.98 Å². The van der Waals surface area contributed by atoms with Gasteiger partial charge in [0, 0.05) is 16.8 Å². The van der Waals surface area contributed by atoms with Crippen LogP contribution in [0.2, 0.25) is 5.02 Å². The number of hydrogen-bond donors (Lipinski definition) is 2. The van der Waals surface area contributed by atoms with Gasteiger partial charge in [-0.1, -0.05) is 23.4 Å². The van der Waals surface area contributed by atoms with E-state index in [0.717, 1.165) is 11.8 Å². The molecule has 7 nitrogen and oxygen atoms in total. The average molecular weight is 406 g/mol. The third kappa shape index (κ3) is 4.53. The molecule has 0 radical (unpaired) electrons. The highest BCUT2D eigenvalue weighted by atomic mass is 35.5. The van der Waals surface area contributed by atoms with Gasteiger partial charge in [-0.2, -0.15) is 0 Å². The summed E-state index contributed by atoms with van der Waals surface area (Å²) in [5.74, 6) is 0.779. The first kappa shape index (κ1) is 19.1. The van der Waals surface area contributed by atoms with Crippen LogP contribution in [0.15, 0.2) is 46.3 Å². The summed E-state index contributed by atoms with van der Waals surface area (Å²) in [6, 6.07) is 9.99. The van der Waals surface area contributed by atoms with Gasteiger partial charge in [0.15, 0.2) is 16.7 Å². The number of ether oxygens (including phenoxy) is 2. The number of aromatic amines is 1. The van der Waals surface area contributed by atoms with Crippen LogP contribution in [0.5, 0.6) is 11.5 Å². The molecule has 3 rings (SSSR count). The Bertz CT molecular complexity index is 1040. The molecule has 2 aromatic carbocycles. The van der Waals surface area contributed by atoms with E-state index in [9.17, 15) is 9.59 Å². The number of nitrogens with one attached hydrogen (secondary N) is 2. The molecule has 0 saturated heterocycles. The quantitative estimate of drug-likeness (QED) is 0.482. The van der Waals surface area contributed by atoms with Gasteiger partial charge in [-0.3, -0.25) is 9.59 Å². The van der Waals surface area contributed by atoms with Crippen molar-refractivity contribution in [1.29, 1.82) is 0 Å². The van der Waals surface area contributed by atoms with Crippen LogP contribution in [0.25, 0.3) is 10.9 Å². The Balaban J connectivity index is 1.75. The number of nitrogens with zero attached hydrogens (tertiary/aromatic N) is 1. The summed E-state index contributed by atoms with van der Waals surface area (Å²) in [5.41, 5.74) is 0.778. The Kier molecular flexibility index (Phi) is 5.88. The molecule has 0 aliphatic carbocycles. The molecule has 3 aromatic rings. The fourth-order valence-electron chi connectivity index (χ4n) is 2.38. The number of benzene rings is 2. The minimum atomic E-state index is -0.318. The fourth-order valence-corrected chi connectivity index (χ4v) is 3.17. The van der Waals surface area contributed by atoms with Crippen LogP contribution >= 0.6 is 23.4 Å². The number of H-pyrrole nitrogens is 1. The number of halogens is 1. The van der Waals surface area contributed by atoms with E-state index in [1.54, 1.807) is 36.4 Å². The van der Waals surface area contributed by atoms with Crippen molar-refractivity contribution >= 4 is 45.9 Å². The predicted molar refractivity (Wildman–Crippen MR) is 106 cm³/mol. The molecule has 0 aliphatic heterocycles. The van der Waals surface area contributed by atoms with Crippen molar-refractivity contribution in [3.63, 3.8) is 0 Å². The summed E-state index contributed by atoms with van der Waals surface area (Å²) in [7, 11) is 3.00. The van der Waals surface area contributed by atoms with Gasteiger partial charge in [-0.05, 0) is 30.3 Å². The maximum Gasteiger partial charge on any atom is 0.259 e. The van der Waals surface area contributed by atoms with Crippen LogP contribution in [0, 0.1) is 0 Å². The van der Waals surface area contributed by atoms with Crippen molar-refractivity contribution in [3.05, 3.63) is 51.8 Å². The largest absolute Gasteiger partial charge is 0.493 e. The van der Waals surface area contributed by atoms with Crippen LogP contribution < -0.4 is 20.3 Å². The molecular weight excluding hydrogens is 390 g/mol. The van der Waals surface area contributed by atoms with Gasteiger partial charge in [-0.15, -0.1) is 0 Å². The highest BCUT2D eigenvalue weighted by molar-refractivity contribution is 7.99. The van der Waals surface area contributed by atoms with Gasteiger partial charge < -0.3 is 19.8 Å². The molecule has 1 amide bonds. The Labute approximate surface area is 164 Å². The summed E-state index contributed by atoms with van der Waals surface area (Å²) >= 11 is 6.94. The van der Waals surface area contributed by atoms with Crippen molar-refractivity contribution in [2.24, 2.45) is 0 Å². The Morgan fingerprint density at radius 1 is 1.19 bits per heavy atom. The number of carbonyl (C=O) groups is 1. The van der Waals surface area contributed by atoms with Crippen LogP contribution in [0.4, 0.5) is 5.69 Å². The van der Waals surface area contributed by atoms with Gasteiger partial charge >= 0.3 is 0 Å². The van der Waals surface area contributed by atoms with E-state index < -0.39 is 0 Å². The van der Waals surface area contributed by atoms with Gasteiger partial charge in [0.2, 0.25) is 5.91 Å². The summed E-state index contributed by atoms with van der Waals surface area (Å²) in [6.45, 7) is 0. The molecule has 0 atom stereocenters. The molecule has 0 saturated carbocycles.